The summed E-state index contributed by atoms with van der Waals surface area (Å²) in [6, 6.07) is 10.8. The second kappa shape index (κ2) is 5.97. The van der Waals surface area contributed by atoms with Gasteiger partial charge in [-0.3, -0.25) is 5.41 Å². The van der Waals surface area contributed by atoms with Crippen LogP contribution in [0.2, 0.25) is 0 Å². The number of ether oxygens (including phenoxy) is 1. The van der Waals surface area contributed by atoms with Crippen molar-refractivity contribution in [2.24, 2.45) is 5.73 Å². The highest BCUT2D eigenvalue weighted by Gasteiger charge is 2.05. The van der Waals surface area contributed by atoms with Crippen LogP contribution in [0.15, 0.2) is 42.6 Å². The maximum absolute atomic E-state index is 9.00. The van der Waals surface area contributed by atoms with Crippen molar-refractivity contribution < 1.29 is 9.84 Å². The Kier molecular flexibility index (Phi) is 4.10. The zero-order valence-corrected chi connectivity index (χ0v) is 10.3. The number of pyridine rings is 1. The average molecular weight is 257 g/mol. The Labute approximate surface area is 111 Å². The van der Waals surface area contributed by atoms with Crippen LogP contribution in [0.5, 0.6) is 11.6 Å². The minimum absolute atomic E-state index is 0.0280. The number of hydrogen-bond donors (Lipinski definition) is 3. The molecule has 0 aliphatic rings. The van der Waals surface area contributed by atoms with Gasteiger partial charge in [0.15, 0.2) is 0 Å². The van der Waals surface area contributed by atoms with E-state index in [4.69, 9.17) is 21.0 Å². The van der Waals surface area contributed by atoms with E-state index in [1.165, 1.54) is 6.20 Å². The Balaban J connectivity index is 2.19. The molecule has 5 heteroatoms. The van der Waals surface area contributed by atoms with E-state index in [1.54, 1.807) is 12.1 Å². The molecule has 2 aromatic rings. The van der Waals surface area contributed by atoms with Gasteiger partial charge in [0.25, 0.3) is 0 Å². The van der Waals surface area contributed by atoms with Crippen molar-refractivity contribution in [1.29, 1.82) is 5.41 Å². The highest BCUT2D eigenvalue weighted by atomic mass is 16.5. The topological polar surface area (TPSA) is 92.2 Å². The van der Waals surface area contributed by atoms with E-state index in [0.717, 1.165) is 5.56 Å². The third-order valence-corrected chi connectivity index (χ3v) is 2.62. The number of nitrogens with zero attached hydrogens (tertiary/aromatic N) is 1. The molecule has 0 atom stereocenters. The highest BCUT2D eigenvalue weighted by molar-refractivity contribution is 5.94. The number of aromatic nitrogens is 1. The monoisotopic (exact) mass is 257 g/mol. The van der Waals surface area contributed by atoms with Gasteiger partial charge in [-0.05, 0) is 24.1 Å². The fourth-order valence-corrected chi connectivity index (χ4v) is 1.64. The number of amidine groups is 1. The molecule has 0 aliphatic carbocycles. The minimum Gasteiger partial charge on any atom is -0.439 e. The maximum Gasteiger partial charge on any atom is 0.219 e. The first-order chi connectivity index (χ1) is 9.20. The van der Waals surface area contributed by atoms with Crippen molar-refractivity contribution in [3.63, 3.8) is 0 Å². The number of nitrogens with two attached hydrogens (primary N) is 1. The zero-order valence-electron chi connectivity index (χ0n) is 10.3. The Morgan fingerprint density at radius 1 is 1.26 bits per heavy atom. The first kappa shape index (κ1) is 13.0. The Morgan fingerprint density at radius 3 is 2.68 bits per heavy atom. The molecule has 0 aliphatic heterocycles. The van der Waals surface area contributed by atoms with Crippen molar-refractivity contribution in [1.82, 2.24) is 4.98 Å². The van der Waals surface area contributed by atoms with Crippen LogP contribution >= 0.6 is 0 Å². The van der Waals surface area contributed by atoms with Crippen LogP contribution in [0.25, 0.3) is 0 Å². The minimum atomic E-state index is -0.0280. The number of para-hydroxylation sites is 1. The lowest BCUT2D eigenvalue weighted by atomic mass is 10.1. The van der Waals surface area contributed by atoms with E-state index in [-0.39, 0.29) is 12.4 Å². The molecule has 0 spiro atoms. The van der Waals surface area contributed by atoms with E-state index in [9.17, 15) is 0 Å². The van der Waals surface area contributed by atoms with Gasteiger partial charge in [0, 0.05) is 24.4 Å². The van der Waals surface area contributed by atoms with Gasteiger partial charge in [0.2, 0.25) is 5.88 Å². The van der Waals surface area contributed by atoms with Gasteiger partial charge in [-0.25, -0.2) is 4.98 Å². The van der Waals surface area contributed by atoms with Crippen LogP contribution < -0.4 is 10.5 Å². The quantitative estimate of drug-likeness (QED) is 0.561. The Bertz CT molecular complexity index is 567. The maximum atomic E-state index is 9.00. The summed E-state index contributed by atoms with van der Waals surface area (Å²) < 4.78 is 5.66. The van der Waals surface area contributed by atoms with Crippen molar-refractivity contribution in [2.45, 2.75) is 6.42 Å². The molecule has 5 nitrogen and oxygen atoms in total. The molecule has 4 N–H and O–H groups in total. The fourth-order valence-electron chi connectivity index (χ4n) is 1.64. The number of nitrogens with one attached hydrogen (secondary N) is 1. The number of rotatable bonds is 5. The molecule has 1 aromatic heterocycles. The predicted molar refractivity (Wildman–Crippen MR) is 72.6 cm³/mol. The summed E-state index contributed by atoms with van der Waals surface area (Å²) in [5, 5.41) is 16.3. The summed E-state index contributed by atoms with van der Waals surface area (Å²) in [7, 11) is 0. The van der Waals surface area contributed by atoms with Crippen LogP contribution in [0, 0.1) is 5.41 Å². The number of nitrogen functional groups attached to an aromatic ring is 1. The second-order valence-electron chi connectivity index (χ2n) is 3.98. The molecule has 0 saturated carbocycles. The first-order valence-corrected chi connectivity index (χ1v) is 5.88. The smallest absolute Gasteiger partial charge is 0.219 e. The lowest BCUT2D eigenvalue weighted by molar-refractivity contribution is 0.297. The van der Waals surface area contributed by atoms with Gasteiger partial charge in [-0.2, -0.15) is 0 Å². The molecule has 2 rings (SSSR count). The van der Waals surface area contributed by atoms with E-state index in [1.807, 2.05) is 24.3 Å². The van der Waals surface area contributed by atoms with Crippen molar-refractivity contribution in [3.8, 4) is 11.6 Å². The highest BCUT2D eigenvalue weighted by Crippen LogP contribution is 2.24. The summed E-state index contributed by atoms with van der Waals surface area (Å²) in [6.07, 6.45) is 2.02. The molecule has 0 saturated heterocycles. The molecular formula is C14H15N3O2. The summed E-state index contributed by atoms with van der Waals surface area (Å²) in [5.41, 5.74) is 6.83. The van der Waals surface area contributed by atoms with Gasteiger partial charge in [-0.1, -0.05) is 18.2 Å². The molecule has 0 fully saturated rings. The SMILES string of the molecule is N=C(N)c1ccc(Oc2ccccc2CCO)nc1. The molecule has 1 heterocycles. The predicted octanol–water partition coefficient (Wildman–Crippen LogP) is 1.69. The van der Waals surface area contributed by atoms with Gasteiger partial charge >= 0.3 is 0 Å². The summed E-state index contributed by atoms with van der Waals surface area (Å²) in [4.78, 5) is 4.09. The van der Waals surface area contributed by atoms with Gasteiger partial charge < -0.3 is 15.6 Å². The molecule has 0 bridgehead atoms. The van der Waals surface area contributed by atoms with Crippen molar-refractivity contribution >= 4 is 5.84 Å². The lowest BCUT2D eigenvalue weighted by Crippen LogP contribution is -2.11. The van der Waals surface area contributed by atoms with Crippen LogP contribution in [-0.4, -0.2) is 22.5 Å². The molecule has 19 heavy (non-hydrogen) atoms. The van der Waals surface area contributed by atoms with E-state index < -0.39 is 0 Å². The van der Waals surface area contributed by atoms with Crippen LogP contribution in [0.1, 0.15) is 11.1 Å². The molecule has 0 radical (unpaired) electrons. The van der Waals surface area contributed by atoms with E-state index in [0.29, 0.717) is 23.6 Å². The van der Waals surface area contributed by atoms with Crippen molar-refractivity contribution in [2.75, 3.05) is 6.61 Å². The third kappa shape index (κ3) is 3.29. The number of aliphatic hydroxyl groups is 1. The molecule has 0 amide bonds. The number of aliphatic hydroxyl groups excluding tert-OH is 1. The molecule has 0 unspecified atom stereocenters. The van der Waals surface area contributed by atoms with Crippen molar-refractivity contribution in [3.05, 3.63) is 53.7 Å². The molecule has 98 valence electrons. The Hall–Kier alpha value is -2.40. The number of hydrogen-bond acceptors (Lipinski definition) is 4. The fraction of sp³-hybridized carbons (Fsp3) is 0.143. The average Bonchev–Trinajstić information content (AvgIpc) is 2.42. The number of benzene rings is 1. The van der Waals surface area contributed by atoms with Gasteiger partial charge in [0.05, 0.1) is 0 Å². The molecule has 1 aromatic carbocycles. The summed E-state index contributed by atoms with van der Waals surface area (Å²) >= 11 is 0. The van der Waals surface area contributed by atoms with Gasteiger partial charge in [0.1, 0.15) is 11.6 Å². The largest absolute Gasteiger partial charge is 0.439 e. The third-order valence-electron chi connectivity index (χ3n) is 2.62. The standard InChI is InChI=1S/C14H15N3O2/c15-14(16)11-5-6-13(17-9-11)19-12-4-2-1-3-10(12)7-8-18/h1-6,9,18H,7-8H2,(H3,15,16). The summed E-state index contributed by atoms with van der Waals surface area (Å²) in [5.74, 6) is 1.06. The second-order valence-corrected chi connectivity index (χ2v) is 3.98. The van der Waals surface area contributed by atoms with E-state index >= 15 is 0 Å². The van der Waals surface area contributed by atoms with E-state index in [2.05, 4.69) is 4.98 Å². The van der Waals surface area contributed by atoms with Crippen LogP contribution in [-0.2, 0) is 6.42 Å². The molecular weight excluding hydrogens is 242 g/mol. The lowest BCUT2D eigenvalue weighted by Gasteiger charge is -2.09. The zero-order chi connectivity index (χ0) is 13.7. The van der Waals surface area contributed by atoms with Crippen LogP contribution in [0.3, 0.4) is 0 Å². The first-order valence-electron chi connectivity index (χ1n) is 5.88. The Morgan fingerprint density at radius 2 is 2.05 bits per heavy atom. The normalized spacial score (nSPS) is 10.2. The van der Waals surface area contributed by atoms with Crippen LogP contribution in [0.4, 0.5) is 0 Å². The summed E-state index contributed by atoms with van der Waals surface area (Å²) in [6.45, 7) is 0.0665. The van der Waals surface area contributed by atoms with Gasteiger partial charge in [-0.15, -0.1) is 0 Å².